The van der Waals surface area contributed by atoms with Gasteiger partial charge in [-0.05, 0) is 13.1 Å². The number of halogens is 1. The van der Waals surface area contributed by atoms with Crippen LogP contribution in [-0.4, -0.2) is 38.5 Å². The summed E-state index contributed by atoms with van der Waals surface area (Å²) in [4.78, 5) is 4.04. The summed E-state index contributed by atoms with van der Waals surface area (Å²) in [7, 11) is -0.685. The molecular weight excluding hydrogens is 315 g/mol. The molecule has 0 aliphatic carbocycles. The van der Waals surface area contributed by atoms with Crippen LogP contribution in [0.1, 0.15) is 5.89 Å². The Morgan fingerprint density at radius 2 is 2.18 bits per heavy atom. The molecule has 1 aromatic carbocycles. The van der Waals surface area contributed by atoms with Crippen LogP contribution in [0.3, 0.4) is 0 Å². The number of sulfonamides is 1. The highest BCUT2D eigenvalue weighted by molar-refractivity contribution is 7.89. The van der Waals surface area contributed by atoms with Gasteiger partial charge in [0.25, 0.3) is 0 Å². The molecule has 2 aromatic rings. The second-order valence-corrected chi connectivity index (χ2v) is 6.41. The minimum absolute atomic E-state index is 0.0310. The molecule has 8 nitrogen and oxygen atoms in total. The topological polar surface area (TPSA) is 120 Å². The van der Waals surface area contributed by atoms with Gasteiger partial charge in [0.2, 0.25) is 21.7 Å². The fraction of sp³-hybridized carbons (Fsp3) is 0.333. The van der Waals surface area contributed by atoms with E-state index in [0.29, 0.717) is 0 Å². The number of anilines is 1. The van der Waals surface area contributed by atoms with E-state index < -0.39 is 15.8 Å². The van der Waals surface area contributed by atoms with Crippen molar-refractivity contribution in [3.63, 3.8) is 0 Å². The molecule has 0 atom stereocenters. The molecule has 120 valence electrons. The largest absolute Gasteiger partial charge is 0.494 e. The van der Waals surface area contributed by atoms with Crippen LogP contribution in [-0.2, 0) is 16.4 Å². The number of nitrogens with two attached hydrogens (primary N) is 1. The molecule has 0 saturated carbocycles. The molecular formula is C12H15FN4O4S. The number of aryl methyl sites for hydroxylation is 1. The summed E-state index contributed by atoms with van der Waals surface area (Å²) in [6, 6.07) is 2.27. The van der Waals surface area contributed by atoms with Crippen LogP contribution in [0.2, 0.25) is 0 Å². The van der Waals surface area contributed by atoms with Crippen LogP contribution in [0, 0.1) is 5.82 Å². The van der Waals surface area contributed by atoms with Crippen molar-refractivity contribution in [2.24, 2.45) is 0 Å². The third kappa shape index (κ3) is 3.52. The maximum Gasteiger partial charge on any atom is 0.228 e. The average molecular weight is 330 g/mol. The molecule has 0 aliphatic heterocycles. The lowest BCUT2D eigenvalue weighted by Gasteiger charge is -2.08. The van der Waals surface area contributed by atoms with Crippen molar-refractivity contribution >= 4 is 15.7 Å². The SMILES string of the molecule is CNS(=O)(=O)CCc1nc(-c2cc(F)cc(N)c2OC)no1. The number of nitrogen functional groups attached to an aromatic ring is 1. The van der Waals surface area contributed by atoms with Gasteiger partial charge in [0, 0.05) is 12.5 Å². The normalized spacial score (nSPS) is 11.6. The second kappa shape index (κ2) is 6.28. The predicted molar refractivity (Wildman–Crippen MR) is 77.2 cm³/mol. The number of nitrogens with one attached hydrogen (secondary N) is 1. The predicted octanol–water partition coefficient (Wildman–Crippen LogP) is 0.558. The fourth-order valence-electron chi connectivity index (χ4n) is 1.80. The summed E-state index contributed by atoms with van der Waals surface area (Å²) in [6.07, 6.45) is 0.0310. The van der Waals surface area contributed by atoms with Gasteiger partial charge >= 0.3 is 0 Å². The molecule has 0 unspecified atom stereocenters. The molecule has 0 spiro atoms. The highest BCUT2D eigenvalue weighted by atomic mass is 32.2. The second-order valence-electron chi connectivity index (χ2n) is 4.36. The van der Waals surface area contributed by atoms with E-state index in [1.807, 2.05) is 0 Å². The Bertz CT molecular complexity index is 775. The molecule has 0 saturated heterocycles. The molecule has 0 bridgehead atoms. The van der Waals surface area contributed by atoms with Crippen LogP contribution in [0.4, 0.5) is 10.1 Å². The van der Waals surface area contributed by atoms with Gasteiger partial charge in [0.15, 0.2) is 5.75 Å². The summed E-state index contributed by atoms with van der Waals surface area (Å²) >= 11 is 0. The van der Waals surface area contributed by atoms with Crippen molar-refractivity contribution in [3.8, 4) is 17.1 Å². The van der Waals surface area contributed by atoms with E-state index in [9.17, 15) is 12.8 Å². The molecule has 0 amide bonds. The number of nitrogens with zero attached hydrogens (tertiary/aromatic N) is 2. The van der Waals surface area contributed by atoms with Crippen LogP contribution in [0.15, 0.2) is 16.7 Å². The summed E-state index contributed by atoms with van der Waals surface area (Å²) in [5.41, 5.74) is 6.00. The van der Waals surface area contributed by atoms with E-state index in [4.69, 9.17) is 15.0 Å². The Hall–Kier alpha value is -2.20. The van der Waals surface area contributed by atoms with E-state index in [-0.39, 0.29) is 40.9 Å². The van der Waals surface area contributed by atoms with Crippen molar-refractivity contribution in [1.29, 1.82) is 0 Å². The van der Waals surface area contributed by atoms with Gasteiger partial charge in [-0.1, -0.05) is 5.16 Å². The first kappa shape index (κ1) is 16.2. The van der Waals surface area contributed by atoms with Gasteiger partial charge in [0.05, 0.1) is 24.1 Å². The smallest absolute Gasteiger partial charge is 0.228 e. The van der Waals surface area contributed by atoms with E-state index in [1.165, 1.54) is 14.2 Å². The van der Waals surface area contributed by atoms with Crippen LogP contribution < -0.4 is 15.2 Å². The summed E-state index contributed by atoms with van der Waals surface area (Å²) < 4.78 is 48.4. The number of aromatic nitrogens is 2. The number of benzene rings is 1. The molecule has 3 N–H and O–H groups in total. The van der Waals surface area contributed by atoms with E-state index >= 15 is 0 Å². The van der Waals surface area contributed by atoms with Gasteiger partial charge in [-0.15, -0.1) is 0 Å². The number of hydrogen-bond acceptors (Lipinski definition) is 7. The monoisotopic (exact) mass is 330 g/mol. The zero-order valence-corrected chi connectivity index (χ0v) is 12.8. The van der Waals surface area contributed by atoms with Gasteiger partial charge in [-0.2, -0.15) is 4.98 Å². The molecule has 0 radical (unpaired) electrons. The van der Waals surface area contributed by atoms with Gasteiger partial charge in [-0.3, -0.25) is 0 Å². The van der Waals surface area contributed by atoms with Crippen molar-refractivity contribution in [3.05, 3.63) is 23.8 Å². The first-order valence-corrected chi connectivity index (χ1v) is 7.88. The molecule has 0 aliphatic rings. The van der Waals surface area contributed by atoms with Crippen LogP contribution in [0.5, 0.6) is 5.75 Å². The third-order valence-corrected chi connectivity index (χ3v) is 4.25. The Labute approximate surface area is 126 Å². The first-order chi connectivity index (χ1) is 10.4. The van der Waals surface area contributed by atoms with Crippen molar-refractivity contribution in [1.82, 2.24) is 14.9 Å². The minimum atomic E-state index is -3.38. The quantitative estimate of drug-likeness (QED) is 0.742. The Morgan fingerprint density at radius 1 is 1.45 bits per heavy atom. The van der Waals surface area contributed by atoms with Crippen molar-refractivity contribution in [2.75, 3.05) is 25.6 Å². The molecule has 1 aromatic heterocycles. The standard InChI is InChI=1S/C12H15FN4O4S/c1-15-22(18,19)4-3-10-16-12(17-21-10)8-5-7(13)6-9(14)11(8)20-2/h5-6,15H,3-4,14H2,1-2H3. The molecule has 0 fully saturated rings. The molecule has 22 heavy (non-hydrogen) atoms. The Morgan fingerprint density at radius 3 is 2.82 bits per heavy atom. The van der Waals surface area contributed by atoms with Crippen LogP contribution >= 0.6 is 0 Å². The fourth-order valence-corrected chi connectivity index (χ4v) is 2.45. The lowest BCUT2D eigenvalue weighted by atomic mass is 10.1. The zero-order chi connectivity index (χ0) is 16.3. The molecule has 2 rings (SSSR count). The number of rotatable bonds is 6. The first-order valence-electron chi connectivity index (χ1n) is 6.23. The summed E-state index contributed by atoms with van der Waals surface area (Å²) in [5.74, 6) is -0.374. The van der Waals surface area contributed by atoms with Gasteiger partial charge < -0.3 is 15.0 Å². The highest BCUT2D eigenvalue weighted by Gasteiger charge is 2.18. The lowest BCUT2D eigenvalue weighted by molar-refractivity contribution is 0.381. The van der Waals surface area contributed by atoms with Crippen molar-refractivity contribution < 1.29 is 22.1 Å². The summed E-state index contributed by atoms with van der Waals surface area (Å²) in [5, 5.41) is 3.70. The van der Waals surface area contributed by atoms with E-state index in [2.05, 4.69) is 14.9 Å². The number of methoxy groups -OCH3 is 1. The van der Waals surface area contributed by atoms with Crippen molar-refractivity contribution in [2.45, 2.75) is 6.42 Å². The summed E-state index contributed by atoms with van der Waals surface area (Å²) in [6.45, 7) is 0. The highest BCUT2D eigenvalue weighted by Crippen LogP contribution is 2.34. The third-order valence-electron chi connectivity index (χ3n) is 2.89. The molecule has 10 heteroatoms. The Balaban J connectivity index is 2.29. The average Bonchev–Trinajstić information content (AvgIpc) is 2.93. The van der Waals surface area contributed by atoms with Gasteiger partial charge in [0.1, 0.15) is 5.82 Å². The maximum atomic E-state index is 13.5. The number of ether oxygens (including phenoxy) is 1. The maximum absolute atomic E-state index is 13.5. The van der Waals surface area contributed by atoms with E-state index in [0.717, 1.165) is 12.1 Å². The Kier molecular flexibility index (Phi) is 4.62. The molecule has 1 heterocycles. The lowest BCUT2D eigenvalue weighted by Crippen LogP contribution is -2.23. The van der Waals surface area contributed by atoms with E-state index in [1.54, 1.807) is 0 Å². The van der Waals surface area contributed by atoms with Gasteiger partial charge in [-0.25, -0.2) is 17.5 Å². The number of hydrogen-bond donors (Lipinski definition) is 2. The zero-order valence-electron chi connectivity index (χ0n) is 12.0. The van der Waals surface area contributed by atoms with Crippen LogP contribution in [0.25, 0.3) is 11.4 Å². The minimum Gasteiger partial charge on any atom is -0.494 e.